The van der Waals surface area contributed by atoms with Gasteiger partial charge in [0.2, 0.25) is 0 Å². The molecule has 254 valence electrons. The van der Waals surface area contributed by atoms with Crippen LogP contribution in [-0.4, -0.2) is 51.9 Å². The van der Waals surface area contributed by atoms with E-state index >= 15 is 0 Å². The van der Waals surface area contributed by atoms with E-state index in [2.05, 4.69) is 11.8 Å². The SMILES string of the molecule is O=S(=O)([O-])c1ccc2c(-c3ccc(C#Cc4ccc(-c5cc(S(=O)(=O)[O-])cc6cc(S(=O)(=O)[O-])ccc56)cc4)cc3)cc(S(=O)(=O)[O-])cc2c1.[Na+].[Na+].[Na+].[Na+]. The first-order chi connectivity index (χ1) is 23.3. The molecule has 0 saturated heterocycles. The Balaban J connectivity index is 0.00000252. The number of rotatable bonds is 6. The van der Waals surface area contributed by atoms with Crippen molar-refractivity contribution in [3.8, 4) is 34.1 Å². The molecular weight excluding hydrogens is 821 g/mol. The van der Waals surface area contributed by atoms with Crippen molar-refractivity contribution in [2.75, 3.05) is 0 Å². The molecule has 0 aliphatic heterocycles. The standard InChI is InChI=1S/C34H22O12S4.4Na/c35-47(36,37)27-11-13-31-25(15-27)17-29(49(41,42)43)19-33(31)23-7-3-21(4-8-23)1-2-22-5-9-24(10-6-22)34-20-30(50(44,45)46)18-26-16-28(48(38,39)40)12-14-32(26)34;;;;/h3-20H,(H,35,36,37)(H,38,39,40)(H,41,42,43)(H,44,45,46);;;;/q;4*+1/p-4. The molecule has 0 saturated carbocycles. The van der Waals surface area contributed by atoms with Crippen LogP contribution in [-0.2, 0) is 40.5 Å². The summed E-state index contributed by atoms with van der Waals surface area (Å²) >= 11 is 0. The van der Waals surface area contributed by atoms with Gasteiger partial charge >= 0.3 is 118 Å². The van der Waals surface area contributed by atoms with Crippen molar-refractivity contribution in [2.24, 2.45) is 0 Å². The van der Waals surface area contributed by atoms with Crippen LogP contribution < -0.4 is 118 Å². The van der Waals surface area contributed by atoms with Gasteiger partial charge in [0.25, 0.3) is 0 Å². The van der Waals surface area contributed by atoms with Gasteiger partial charge in [-0.05, 0) is 117 Å². The number of benzene rings is 6. The van der Waals surface area contributed by atoms with Crippen LogP contribution in [0, 0.1) is 11.8 Å². The molecule has 0 radical (unpaired) electrons. The zero-order valence-corrected chi connectivity index (χ0v) is 40.2. The Morgan fingerprint density at radius 2 is 0.630 bits per heavy atom. The van der Waals surface area contributed by atoms with Crippen molar-refractivity contribution < 1.29 is 170 Å². The minimum atomic E-state index is -4.94. The zero-order chi connectivity index (χ0) is 36.2. The fourth-order valence-electron chi connectivity index (χ4n) is 5.33. The first-order valence-corrected chi connectivity index (χ1v) is 19.6. The van der Waals surface area contributed by atoms with E-state index in [1.165, 1.54) is 12.1 Å². The zero-order valence-electron chi connectivity index (χ0n) is 28.9. The Kier molecular flexibility index (Phi) is 17.1. The Morgan fingerprint density at radius 1 is 0.352 bits per heavy atom. The Labute approximate surface area is 400 Å². The summed E-state index contributed by atoms with van der Waals surface area (Å²) in [7, 11) is -19.6. The maximum Gasteiger partial charge on any atom is 1.00 e. The molecule has 0 bridgehead atoms. The molecule has 0 N–H and O–H groups in total. The van der Waals surface area contributed by atoms with E-state index in [0.717, 1.165) is 48.5 Å². The number of hydrogen-bond acceptors (Lipinski definition) is 12. The molecule has 12 nitrogen and oxygen atoms in total. The number of fused-ring (bicyclic) bond motifs is 2. The third-order valence-electron chi connectivity index (χ3n) is 7.69. The largest absolute Gasteiger partial charge is 1.00 e. The van der Waals surface area contributed by atoms with Crippen molar-refractivity contribution in [2.45, 2.75) is 19.6 Å². The molecule has 54 heavy (non-hydrogen) atoms. The first-order valence-electron chi connectivity index (χ1n) is 14.0. The van der Waals surface area contributed by atoms with Gasteiger partial charge in [0.1, 0.15) is 40.5 Å². The molecule has 0 amide bonds. The summed E-state index contributed by atoms with van der Waals surface area (Å²) in [4.78, 5) is -2.39. The van der Waals surface area contributed by atoms with Gasteiger partial charge in [-0.3, -0.25) is 0 Å². The fraction of sp³-hybridized carbons (Fsp3) is 0. The average molecular weight is 839 g/mol. The molecule has 6 aromatic carbocycles. The molecule has 0 atom stereocenters. The van der Waals surface area contributed by atoms with Crippen LogP contribution in [0.2, 0.25) is 0 Å². The van der Waals surface area contributed by atoms with Crippen LogP contribution in [0.4, 0.5) is 0 Å². The summed E-state index contributed by atoms with van der Waals surface area (Å²) in [6, 6.07) is 24.2. The minimum Gasteiger partial charge on any atom is -0.744 e. The summed E-state index contributed by atoms with van der Waals surface area (Å²) in [5, 5.41) is 0.919. The Bertz CT molecular complexity index is 2700. The minimum absolute atomic E-state index is 0. The topological polar surface area (TPSA) is 229 Å². The predicted molar refractivity (Wildman–Crippen MR) is 177 cm³/mol. The molecule has 0 unspecified atom stereocenters. The molecule has 6 rings (SSSR count). The van der Waals surface area contributed by atoms with E-state index in [0.29, 0.717) is 44.2 Å². The van der Waals surface area contributed by atoms with Crippen LogP contribution in [0.25, 0.3) is 43.8 Å². The Morgan fingerprint density at radius 3 is 0.907 bits per heavy atom. The summed E-state index contributed by atoms with van der Waals surface area (Å²) in [6.45, 7) is 0. The van der Waals surface area contributed by atoms with E-state index in [9.17, 15) is 51.9 Å². The molecule has 0 aromatic heterocycles. The van der Waals surface area contributed by atoms with Crippen molar-refractivity contribution in [1.82, 2.24) is 0 Å². The van der Waals surface area contributed by atoms with Gasteiger partial charge in [0.05, 0.1) is 19.6 Å². The van der Waals surface area contributed by atoms with E-state index in [-0.39, 0.29) is 129 Å². The number of hydrogen-bond donors (Lipinski definition) is 0. The van der Waals surface area contributed by atoms with Crippen LogP contribution in [0.15, 0.2) is 129 Å². The van der Waals surface area contributed by atoms with Gasteiger partial charge in [0, 0.05) is 11.1 Å². The average Bonchev–Trinajstić information content (AvgIpc) is 3.04. The van der Waals surface area contributed by atoms with Crippen LogP contribution in [0.3, 0.4) is 0 Å². The van der Waals surface area contributed by atoms with Gasteiger partial charge in [-0.1, -0.05) is 48.2 Å². The van der Waals surface area contributed by atoms with E-state index in [4.69, 9.17) is 0 Å². The van der Waals surface area contributed by atoms with E-state index in [1.54, 1.807) is 48.5 Å². The van der Waals surface area contributed by atoms with Gasteiger partial charge in [-0.2, -0.15) is 0 Å². The second-order valence-corrected chi connectivity index (χ2v) is 16.4. The Hall–Kier alpha value is -0.960. The third kappa shape index (κ3) is 11.4. The molecule has 0 fully saturated rings. The van der Waals surface area contributed by atoms with Crippen molar-refractivity contribution in [1.29, 1.82) is 0 Å². The molecular formula is C34H18Na4O12S4. The summed E-state index contributed by atoms with van der Waals surface area (Å²) < 4.78 is 140. The normalized spacial score (nSPS) is 11.6. The monoisotopic (exact) mass is 838 g/mol. The van der Waals surface area contributed by atoms with Crippen LogP contribution in [0.1, 0.15) is 11.1 Å². The van der Waals surface area contributed by atoms with Crippen LogP contribution in [0.5, 0.6) is 0 Å². The van der Waals surface area contributed by atoms with Gasteiger partial charge in [-0.25, -0.2) is 33.7 Å². The molecule has 0 aliphatic carbocycles. The summed E-state index contributed by atoms with van der Waals surface area (Å²) in [6.07, 6.45) is 0. The smallest absolute Gasteiger partial charge is 0.744 e. The summed E-state index contributed by atoms with van der Waals surface area (Å²) in [5.74, 6) is 5.94. The molecule has 20 heteroatoms. The van der Waals surface area contributed by atoms with Gasteiger partial charge in [0.15, 0.2) is 0 Å². The molecule has 0 spiro atoms. The van der Waals surface area contributed by atoms with Crippen molar-refractivity contribution in [3.05, 3.63) is 120 Å². The maximum absolute atomic E-state index is 11.9. The quantitative estimate of drug-likeness (QED) is 0.0866. The van der Waals surface area contributed by atoms with E-state index < -0.39 is 60.1 Å². The van der Waals surface area contributed by atoms with Crippen molar-refractivity contribution in [3.63, 3.8) is 0 Å². The molecule has 6 aromatic rings. The van der Waals surface area contributed by atoms with Gasteiger partial charge < -0.3 is 18.2 Å². The molecule has 0 heterocycles. The van der Waals surface area contributed by atoms with E-state index in [1.807, 2.05) is 0 Å². The maximum atomic E-state index is 11.9. The second-order valence-electron chi connectivity index (χ2n) is 10.9. The predicted octanol–water partition coefficient (Wildman–Crippen LogP) is -7.64. The first kappa shape index (κ1) is 49.2. The fourth-order valence-corrected chi connectivity index (χ4v) is 7.41. The second kappa shape index (κ2) is 18.7. The van der Waals surface area contributed by atoms with Gasteiger partial charge in [-0.15, -0.1) is 0 Å². The van der Waals surface area contributed by atoms with Crippen LogP contribution >= 0.6 is 0 Å². The third-order valence-corrected chi connectivity index (χ3v) is 11.0. The molecule has 0 aliphatic rings. The summed E-state index contributed by atoms with van der Waals surface area (Å²) in [5.41, 5.74) is 2.63. The van der Waals surface area contributed by atoms with Crippen molar-refractivity contribution >= 4 is 62.0 Å².